The van der Waals surface area contributed by atoms with Crippen molar-refractivity contribution in [2.24, 2.45) is 5.92 Å². The molecule has 102 valence electrons. The molecule has 1 heterocycles. The predicted octanol–water partition coefficient (Wildman–Crippen LogP) is 0.284. The fraction of sp³-hybridized carbons (Fsp3) is 1.00. The maximum atomic E-state index is 11.4. The number of nitrogens with one attached hydrogen (secondary N) is 1. The lowest BCUT2D eigenvalue weighted by molar-refractivity contribution is 0.0797. The van der Waals surface area contributed by atoms with Gasteiger partial charge in [-0.15, -0.1) is 0 Å². The molecule has 1 atom stereocenters. The van der Waals surface area contributed by atoms with Gasteiger partial charge in [0.2, 0.25) is 10.0 Å². The molecule has 1 fully saturated rings. The lowest BCUT2D eigenvalue weighted by Crippen LogP contribution is -2.40. The Hall–Kier alpha value is -0.170. The summed E-state index contributed by atoms with van der Waals surface area (Å²) in [7, 11) is -3.03. The second-order valence-electron chi connectivity index (χ2n) is 4.56. The average Bonchev–Trinajstić information content (AvgIpc) is 2.28. The quantitative estimate of drug-likeness (QED) is 0.671. The normalized spacial score (nSPS) is 22.8. The van der Waals surface area contributed by atoms with E-state index in [0.29, 0.717) is 32.2 Å². The van der Waals surface area contributed by atoms with Gasteiger partial charge in [0.15, 0.2) is 0 Å². The summed E-state index contributed by atoms with van der Waals surface area (Å²) >= 11 is 0. The molecule has 0 aromatic heterocycles. The third-order valence-electron chi connectivity index (χ3n) is 2.98. The van der Waals surface area contributed by atoms with Gasteiger partial charge in [-0.25, -0.2) is 12.7 Å². The molecule has 1 saturated heterocycles. The van der Waals surface area contributed by atoms with Gasteiger partial charge >= 0.3 is 0 Å². The van der Waals surface area contributed by atoms with Gasteiger partial charge < -0.3 is 10.1 Å². The fourth-order valence-corrected chi connectivity index (χ4v) is 2.98. The number of hydrogen-bond acceptors (Lipinski definition) is 4. The number of rotatable bonds is 7. The number of likely N-dealkylation sites (N-methyl/N-ethyl adjacent to an activating group) is 1. The molecule has 1 aliphatic heterocycles. The van der Waals surface area contributed by atoms with Crippen LogP contribution in [-0.4, -0.2) is 58.4 Å². The number of nitrogens with zero attached hydrogens (tertiary/aromatic N) is 1. The van der Waals surface area contributed by atoms with Gasteiger partial charge in [0.1, 0.15) is 0 Å². The maximum absolute atomic E-state index is 11.4. The maximum Gasteiger partial charge on any atom is 0.211 e. The number of sulfonamides is 1. The van der Waals surface area contributed by atoms with E-state index in [1.165, 1.54) is 6.26 Å². The minimum absolute atomic E-state index is 0.347. The highest BCUT2D eigenvalue weighted by molar-refractivity contribution is 7.88. The van der Waals surface area contributed by atoms with Crippen LogP contribution in [0.15, 0.2) is 0 Å². The first-order valence-electron chi connectivity index (χ1n) is 6.27. The van der Waals surface area contributed by atoms with Crippen molar-refractivity contribution in [3.63, 3.8) is 0 Å². The van der Waals surface area contributed by atoms with E-state index >= 15 is 0 Å². The van der Waals surface area contributed by atoms with Crippen LogP contribution >= 0.6 is 0 Å². The highest BCUT2D eigenvalue weighted by Gasteiger charge is 2.25. The molecule has 0 bridgehead atoms. The zero-order valence-corrected chi connectivity index (χ0v) is 11.6. The van der Waals surface area contributed by atoms with E-state index < -0.39 is 10.0 Å². The van der Waals surface area contributed by atoms with E-state index in [1.807, 2.05) is 0 Å². The van der Waals surface area contributed by atoms with Crippen LogP contribution in [0.25, 0.3) is 0 Å². The topological polar surface area (TPSA) is 58.6 Å². The van der Waals surface area contributed by atoms with Crippen molar-refractivity contribution < 1.29 is 13.2 Å². The molecule has 0 saturated carbocycles. The molecule has 1 N–H and O–H groups in total. The second-order valence-corrected chi connectivity index (χ2v) is 6.54. The van der Waals surface area contributed by atoms with Gasteiger partial charge in [-0.05, 0) is 25.3 Å². The third-order valence-corrected chi connectivity index (χ3v) is 4.25. The van der Waals surface area contributed by atoms with Gasteiger partial charge in [0, 0.05) is 19.6 Å². The zero-order chi connectivity index (χ0) is 12.7. The second kappa shape index (κ2) is 7.31. The van der Waals surface area contributed by atoms with Crippen LogP contribution < -0.4 is 5.32 Å². The van der Waals surface area contributed by atoms with Crippen molar-refractivity contribution in [3.05, 3.63) is 0 Å². The Balaban J connectivity index is 2.21. The predicted molar refractivity (Wildman–Crippen MR) is 68.5 cm³/mol. The van der Waals surface area contributed by atoms with Crippen LogP contribution in [0.3, 0.4) is 0 Å². The monoisotopic (exact) mass is 264 g/mol. The molecule has 0 amide bonds. The van der Waals surface area contributed by atoms with Gasteiger partial charge in [-0.1, -0.05) is 6.92 Å². The van der Waals surface area contributed by atoms with Crippen molar-refractivity contribution in [1.29, 1.82) is 0 Å². The molecule has 0 aliphatic carbocycles. The third kappa shape index (κ3) is 5.81. The van der Waals surface area contributed by atoms with E-state index in [2.05, 4.69) is 12.2 Å². The van der Waals surface area contributed by atoms with Crippen molar-refractivity contribution in [3.8, 4) is 0 Å². The largest absolute Gasteiger partial charge is 0.380 e. The van der Waals surface area contributed by atoms with Crippen LogP contribution in [0.1, 0.15) is 19.8 Å². The Morgan fingerprint density at radius 3 is 2.88 bits per heavy atom. The van der Waals surface area contributed by atoms with Gasteiger partial charge in [0.25, 0.3) is 0 Å². The Morgan fingerprint density at radius 2 is 2.24 bits per heavy atom. The minimum atomic E-state index is -3.03. The standard InChI is InChI=1S/C11H24N2O3S/c1-3-12-6-8-16-10-11-5-4-7-13(9-11)17(2,14)15/h11-12H,3-10H2,1-2H3. The summed E-state index contributed by atoms with van der Waals surface area (Å²) in [5, 5.41) is 3.19. The summed E-state index contributed by atoms with van der Waals surface area (Å²) in [6.45, 7) is 6.51. The Morgan fingerprint density at radius 1 is 1.47 bits per heavy atom. The molecule has 0 radical (unpaired) electrons. The highest BCUT2D eigenvalue weighted by atomic mass is 32.2. The number of ether oxygens (including phenoxy) is 1. The molecule has 5 nitrogen and oxygen atoms in total. The lowest BCUT2D eigenvalue weighted by atomic mass is 10.0. The van der Waals surface area contributed by atoms with Crippen LogP contribution in [0.2, 0.25) is 0 Å². The van der Waals surface area contributed by atoms with Gasteiger partial charge in [0.05, 0.1) is 19.5 Å². The molecule has 1 unspecified atom stereocenters. The first kappa shape index (κ1) is 14.9. The Kier molecular flexibility index (Phi) is 6.40. The molecule has 1 rings (SSSR count). The molecule has 17 heavy (non-hydrogen) atoms. The van der Waals surface area contributed by atoms with Gasteiger partial charge in [-0.3, -0.25) is 0 Å². The molecule has 0 spiro atoms. The summed E-state index contributed by atoms with van der Waals surface area (Å²) in [6.07, 6.45) is 3.28. The van der Waals surface area contributed by atoms with Crippen LogP contribution in [0.4, 0.5) is 0 Å². The lowest BCUT2D eigenvalue weighted by Gasteiger charge is -2.30. The number of piperidine rings is 1. The van der Waals surface area contributed by atoms with Crippen molar-refractivity contribution >= 4 is 10.0 Å². The number of hydrogen-bond donors (Lipinski definition) is 1. The van der Waals surface area contributed by atoms with Gasteiger partial charge in [-0.2, -0.15) is 0 Å². The van der Waals surface area contributed by atoms with E-state index in [1.54, 1.807) is 4.31 Å². The summed E-state index contributed by atoms with van der Waals surface area (Å²) < 4.78 is 30.0. The van der Waals surface area contributed by atoms with E-state index in [9.17, 15) is 8.42 Å². The first-order valence-corrected chi connectivity index (χ1v) is 8.12. The molecule has 0 aromatic carbocycles. The first-order chi connectivity index (χ1) is 8.04. The van der Waals surface area contributed by atoms with Crippen LogP contribution in [-0.2, 0) is 14.8 Å². The van der Waals surface area contributed by atoms with Crippen LogP contribution in [0.5, 0.6) is 0 Å². The summed E-state index contributed by atoms with van der Waals surface area (Å²) in [6, 6.07) is 0. The van der Waals surface area contributed by atoms with Crippen LogP contribution in [0, 0.1) is 5.92 Å². The zero-order valence-electron chi connectivity index (χ0n) is 10.8. The Labute approximate surface area is 105 Å². The molecule has 0 aromatic rings. The molecular weight excluding hydrogens is 240 g/mol. The minimum Gasteiger partial charge on any atom is -0.380 e. The highest BCUT2D eigenvalue weighted by Crippen LogP contribution is 2.18. The summed E-state index contributed by atoms with van der Waals surface area (Å²) in [5.74, 6) is 0.347. The van der Waals surface area contributed by atoms with E-state index in [0.717, 1.165) is 25.9 Å². The molecular formula is C11H24N2O3S. The molecule has 1 aliphatic rings. The summed E-state index contributed by atoms with van der Waals surface area (Å²) in [4.78, 5) is 0. The molecule has 6 heteroatoms. The van der Waals surface area contributed by atoms with E-state index in [4.69, 9.17) is 4.74 Å². The van der Waals surface area contributed by atoms with Crippen molar-refractivity contribution in [1.82, 2.24) is 9.62 Å². The van der Waals surface area contributed by atoms with Crippen molar-refractivity contribution in [2.45, 2.75) is 19.8 Å². The fourth-order valence-electron chi connectivity index (χ4n) is 2.04. The average molecular weight is 264 g/mol. The van der Waals surface area contributed by atoms with Crippen molar-refractivity contribution in [2.75, 3.05) is 45.6 Å². The SMILES string of the molecule is CCNCCOCC1CCCN(S(C)(=O)=O)C1. The Bertz CT molecular complexity index is 306. The van der Waals surface area contributed by atoms with E-state index in [-0.39, 0.29) is 0 Å². The smallest absolute Gasteiger partial charge is 0.211 e. The summed E-state index contributed by atoms with van der Waals surface area (Å²) in [5.41, 5.74) is 0.